The maximum atomic E-state index is 4.99. The topological polar surface area (TPSA) is 43.6 Å². The number of hydrogen-bond donors (Lipinski definition) is 0. The van der Waals surface area contributed by atoms with E-state index in [2.05, 4.69) is 111 Å². The molecule has 44 heavy (non-hydrogen) atoms. The average Bonchev–Trinajstić information content (AvgIpc) is 3.42. The molecule has 8 aromatic rings. The molecule has 0 fully saturated rings. The first-order valence-corrected chi connectivity index (χ1v) is 15.3. The van der Waals surface area contributed by atoms with Gasteiger partial charge in [0.15, 0.2) is 17.5 Å². The van der Waals surface area contributed by atoms with Crippen LogP contribution in [0.2, 0.25) is 0 Å². The van der Waals surface area contributed by atoms with Crippen LogP contribution in [0.4, 0.5) is 0 Å². The molecule has 0 radical (unpaired) electrons. The van der Waals surface area contributed by atoms with Gasteiger partial charge in [0.2, 0.25) is 0 Å². The smallest absolute Gasteiger partial charge is 0.164 e. The lowest BCUT2D eigenvalue weighted by molar-refractivity contribution is 1.07. The Morgan fingerprint density at radius 1 is 0.386 bits per heavy atom. The highest BCUT2D eigenvalue weighted by Gasteiger charge is 2.17. The zero-order valence-electron chi connectivity index (χ0n) is 23.6. The van der Waals surface area contributed by atoms with Gasteiger partial charge in [-0.1, -0.05) is 125 Å². The largest absolute Gasteiger partial charge is 0.309 e. The molecule has 0 unspecified atom stereocenters. The summed E-state index contributed by atoms with van der Waals surface area (Å²) in [6, 6.07) is 52.4. The van der Waals surface area contributed by atoms with Gasteiger partial charge in [0.05, 0.1) is 11.0 Å². The Morgan fingerprint density at radius 2 is 0.909 bits per heavy atom. The molecule has 0 N–H and O–H groups in total. The van der Waals surface area contributed by atoms with Crippen molar-refractivity contribution in [1.29, 1.82) is 0 Å². The zero-order valence-corrected chi connectivity index (χ0v) is 25.2. The Bertz CT molecular complexity index is 2200. The number of hydrogen-bond acceptors (Lipinski definition) is 3. The molecule has 0 amide bonds. The van der Waals surface area contributed by atoms with Gasteiger partial charge in [0.25, 0.3) is 0 Å². The molecular weight excluding hydrogens is 604 g/mol. The summed E-state index contributed by atoms with van der Waals surface area (Å²) in [5.41, 5.74) is 8.54. The van der Waals surface area contributed by atoms with E-state index in [1.54, 1.807) is 0 Å². The van der Waals surface area contributed by atoms with E-state index >= 15 is 0 Å². The number of halogens is 1. The van der Waals surface area contributed by atoms with Crippen LogP contribution in [0.5, 0.6) is 0 Å². The summed E-state index contributed by atoms with van der Waals surface area (Å²) in [5, 5.41) is 2.37. The van der Waals surface area contributed by atoms with Crippen molar-refractivity contribution in [3.63, 3.8) is 0 Å². The normalized spacial score (nSPS) is 11.3. The summed E-state index contributed by atoms with van der Waals surface area (Å²) in [7, 11) is 0. The molecule has 0 atom stereocenters. The molecule has 0 spiro atoms. The maximum absolute atomic E-state index is 4.99. The van der Waals surface area contributed by atoms with Gasteiger partial charge in [0, 0.05) is 37.6 Å². The number of benzene rings is 6. The third-order valence-electron chi connectivity index (χ3n) is 7.92. The van der Waals surface area contributed by atoms with Gasteiger partial charge in [0.1, 0.15) is 0 Å². The monoisotopic (exact) mass is 628 g/mol. The Morgan fingerprint density at radius 3 is 1.52 bits per heavy atom. The first kappa shape index (κ1) is 26.3. The Kier molecular flexibility index (Phi) is 6.58. The molecule has 2 heterocycles. The van der Waals surface area contributed by atoms with Gasteiger partial charge < -0.3 is 4.57 Å². The summed E-state index contributed by atoms with van der Waals surface area (Å²) < 4.78 is 3.40. The highest BCUT2D eigenvalue weighted by atomic mass is 79.9. The van der Waals surface area contributed by atoms with Crippen molar-refractivity contribution in [2.24, 2.45) is 0 Å². The second kappa shape index (κ2) is 11.0. The van der Waals surface area contributed by atoms with Gasteiger partial charge in [-0.15, -0.1) is 0 Å². The highest BCUT2D eigenvalue weighted by molar-refractivity contribution is 9.10. The number of para-hydroxylation sites is 1. The van der Waals surface area contributed by atoms with E-state index in [0.29, 0.717) is 17.5 Å². The molecule has 6 aromatic carbocycles. The van der Waals surface area contributed by atoms with E-state index in [9.17, 15) is 0 Å². The highest BCUT2D eigenvalue weighted by Crippen LogP contribution is 2.37. The fourth-order valence-corrected chi connectivity index (χ4v) is 6.04. The van der Waals surface area contributed by atoms with Crippen molar-refractivity contribution in [2.75, 3.05) is 0 Å². The van der Waals surface area contributed by atoms with Crippen molar-refractivity contribution in [1.82, 2.24) is 19.5 Å². The lowest BCUT2D eigenvalue weighted by atomic mass is 10.0. The third kappa shape index (κ3) is 4.77. The van der Waals surface area contributed by atoms with Crippen LogP contribution in [-0.4, -0.2) is 19.5 Å². The average molecular weight is 630 g/mol. The van der Waals surface area contributed by atoms with Crippen LogP contribution >= 0.6 is 15.9 Å². The van der Waals surface area contributed by atoms with Crippen LogP contribution in [0.1, 0.15) is 0 Å². The van der Waals surface area contributed by atoms with Gasteiger partial charge >= 0.3 is 0 Å². The SMILES string of the molecule is Brc1ccc(-c2ccc3c(c2)c2ccc(-c4nc(-c5ccccc5)nc(-c5ccccc5)n4)cc2n3-c2ccccc2)cc1. The molecule has 0 bridgehead atoms. The van der Waals surface area contributed by atoms with Crippen molar-refractivity contribution in [2.45, 2.75) is 0 Å². The summed E-state index contributed by atoms with van der Waals surface area (Å²) >= 11 is 3.56. The van der Waals surface area contributed by atoms with E-state index in [0.717, 1.165) is 37.9 Å². The maximum Gasteiger partial charge on any atom is 0.164 e. The minimum Gasteiger partial charge on any atom is -0.309 e. The first-order chi connectivity index (χ1) is 21.7. The van der Waals surface area contributed by atoms with Crippen LogP contribution in [0.15, 0.2) is 156 Å². The predicted molar refractivity (Wildman–Crippen MR) is 184 cm³/mol. The molecular formula is C39H25BrN4. The molecule has 8 rings (SSSR count). The molecule has 0 saturated carbocycles. The van der Waals surface area contributed by atoms with Gasteiger partial charge in [-0.25, -0.2) is 15.0 Å². The standard InChI is InChI=1S/C39H25BrN4/c40-31-20-16-26(17-21-31)29-19-23-35-34(24-29)33-22-18-30(25-36(33)44(35)32-14-8-3-9-15-32)39-42-37(27-10-4-1-5-11-27)41-38(43-39)28-12-6-2-7-13-28/h1-25H. The molecule has 4 nitrogen and oxygen atoms in total. The second-order valence-corrected chi connectivity index (χ2v) is 11.6. The summed E-state index contributed by atoms with van der Waals surface area (Å²) in [5.74, 6) is 1.94. The van der Waals surface area contributed by atoms with Crippen molar-refractivity contribution < 1.29 is 0 Å². The van der Waals surface area contributed by atoms with Gasteiger partial charge in [-0.2, -0.15) is 0 Å². The van der Waals surface area contributed by atoms with Gasteiger partial charge in [-0.05, 0) is 53.6 Å². The molecule has 0 aliphatic carbocycles. The fourth-order valence-electron chi connectivity index (χ4n) is 5.77. The van der Waals surface area contributed by atoms with Crippen LogP contribution in [-0.2, 0) is 0 Å². The minimum atomic E-state index is 0.639. The lowest BCUT2D eigenvalue weighted by Gasteiger charge is -2.10. The molecule has 5 heteroatoms. The quantitative estimate of drug-likeness (QED) is 0.190. The van der Waals surface area contributed by atoms with E-state index in [4.69, 9.17) is 15.0 Å². The molecule has 2 aromatic heterocycles. The van der Waals surface area contributed by atoms with Crippen molar-refractivity contribution >= 4 is 37.7 Å². The molecule has 0 aliphatic heterocycles. The Labute approximate surface area is 263 Å². The number of nitrogens with zero attached hydrogens (tertiary/aromatic N) is 4. The van der Waals surface area contributed by atoms with Crippen molar-refractivity contribution in [3.05, 3.63) is 156 Å². The van der Waals surface area contributed by atoms with E-state index in [1.807, 2.05) is 60.7 Å². The number of rotatable bonds is 5. The van der Waals surface area contributed by atoms with Crippen LogP contribution < -0.4 is 0 Å². The van der Waals surface area contributed by atoms with E-state index < -0.39 is 0 Å². The molecule has 0 saturated heterocycles. The van der Waals surface area contributed by atoms with E-state index in [1.165, 1.54) is 21.9 Å². The fraction of sp³-hybridized carbons (Fsp3) is 0. The zero-order chi connectivity index (χ0) is 29.5. The van der Waals surface area contributed by atoms with Crippen molar-refractivity contribution in [3.8, 4) is 51.0 Å². The van der Waals surface area contributed by atoms with E-state index in [-0.39, 0.29) is 0 Å². The van der Waals surface area contributed by atoms with Crippen LogP contribution in [0.3, 0.4) is 0 Å². The van der Waals surface area contributed by atoms with Crippen LogP contribution in [0.25, 0.3) is 72.8 Å². The summed E-state index contributed by atoms with van der Waals surface area (Å²) in [6.07, 6.45) is 0. The molecule has 208 valence electrons. The second-order valence-electron chi connectivity index (χ2n) is 10.7. The third-order valence-corrected chi connectivity index (χ3v) is 8.44. The van der Waals surface area contributed by atoms with Gasteiger partial charge in [-0.3, -0.25) is 0 Å². The first-order valence-electron chi connectivity index (χ1n) is 14.5. The Hall–Kier alpha value is -5.39. The number of fused-ring (bicyclic) bond motifs is 3. The predicted octanol–water partition coefficient (Wildman–Crippen LogP) is 10.4. The van der Waals surface area contributed by atoms with Crippen LogP contribution in [0, 0.1) is 0 Å². The minimum absolute atomic E-state index is 0.639. The summed E-state index contributed by atoms with van der Waals surface area (Å²) in [6.45, 7) is 0. The lowest BCUT2D eigenvalue weighted by Crippen LogP contribution is -2.00. The molecule has 0 aliphatic rings. The summed E-state index contributed by atoms with van der Waals surface area (Å²) in [4.78, 5) is 14.9. The Balaban J connectivity index is 1.36. The number of aromatic nitrogens is 4.